The van der Waals surface area contributed by atoms with Crippen LogP contribution in [0.5, 0.6) is 5.75 Å². The van der Waals surface area contributed by atoms with Gasteiger partial charge in [0.2, 0.25) is 0 Å². The van der Waals surface area contributed by atoms with E-state index in [0.717, 1.165) is 44.9 Å². The minimum absolute atomic E-state index is 0.343. The number of benzene rings is 2. The summed E-state index contributed by atoms with van der Waals surface area (Å²) in [6.07, 6.45) is 0.570. The number of hydrogen-bond donors (Lipinski definition) is 1. The highest BCUT2D eigenvalue weighted by Gasteiger charge is 2.19. The lowest BCUT2D eigenvalue weighted by molar-refractivity contribution is 0.0446. The van der Waals surface area contributed by atoms with Gasteiger partial charge in [0.15, 0.2) is 0 Å². The van der Waals surface area contributed by atoms with E-state index in [2.05, 4.69) is 59.2 Å². The van der Waals surface area contributed by atoms with Gasteiger partial charge in [-0.05, 0) is 29.7 Å². The lowest BCUT2D eigenvalue weighted by atomic mass is 10.2. The Morgan fingerprint density at radius 3 is 2.19 bits per heavy atom. The van der Waals surface area contributed by atoms with Crippen molar-refractivity contribution in [3.8, 4) is 5.75 Å². The third-order valence-electron chi connectivity index (χ3n) is 4.96. The predicted octanol–water partition coefficient (Wildman–Crippen LogP) is 2.81. The standard InChI is InChI=1S/C22H30N2O2/c1-2-19-8-10-22(11-9-19)26-18-21(25)17-24-14-12-23(13-15-24)16-20-6-4-3-5-7-20/h3-11,21,25H,2,12-18H2,1H3/t21-/m0/s1. The Hall–Kier alpha value is -1.88. The Bertz CT molecular complexity index is 637. The first-order chi connectivity index (χ1) is 12.7. The minimum Gasteiger partial charge on any atom is -0.491 e. The molecule has 2 aromatic rings. The second-order valence-corrected chi connectivity index (χ2v) is 7.02. The Kier molecular flexibility index (Phi) is 7.06. The van der Waals surface area contributed by atoms with E-state index < -0.39 is 6.10 Å². The second-order valence-electron chi connectivity index (χ2n) is 7.02. The molecule has 1 saturated heterocycles. The van der Waals surface area contributed by atoms with E-state index in [1.54, 1.807) is 0 Å². The zero-order valence-electron chi connectivity index (χ0n) is 15.7. The van der Waals surface area contributed by atoms with Crippen LogP contribution in [0.3, 0.4) is 0 Å². The lowest BCUT2D eigenvalue weighted by Gasteiger charge is -2.35. The Morgan fingerprint density at radius 1 is 0.885 bits per heavy atom. The highest BCUT2D eigenvalue weighted by atomic mass is 16.5. The van der Waals surface area contributed by atoms with E-state index in [4.69, 9.17) is 4.74 Å². The Morgan fingerprint density at radius 2 is 1.54 bits per heavy atom. The van der Waals surface area contributed by atoms with Gasteiger partial charge in [-0.15, -0.1) is 0 Å². The van der Waals surface area contributed by atoms with Crippen molar-refractivity contribution in [1.29, 1.82) is 0 Å². The van der Waals surface area contributed by atoms with Crippen molar-refractivity contribution in [3.05, 3.63) is 65.7 Å². The number of piperazine rings is 1. The molecule has 0 radical (unpaired) electrons. The molecule has 0 aliphatic carbocycles. The number of β-amino-alcohol motifs (C(OH)–C–C–N with tert-alkyl or cyclic N) is 1. The van der Waals surface area contributed by atoms with Gasteiger partial charge in [0.05, 0.1) is 0 Å². The van der Waals surface area contributed by atoms with E-state index in [1.165, 1.54) is 11.1 Å². The monoisotopic (exact) mass is 354 g/mol. The van der Waals surface area contributed by atoms with Crippen molar-refractivity contribution in [2.45, 2.75) is 26.0 Å². The maximum absolute atomic E-state index is 10.3. The van der Waals surface area contributed by atoms with Crippen LogP contribution in [0.15, 0.2) is 54.6 Å². The number of aryl methyl sites for hydroxylation is 1. The largest absolute Gasteiger partial charge is 0.491 e. The van der Waals surface area contributed by atoms with E-state index in [1.807, 2.05) is 12.1 Å². The van der Waals surface area contributed by atoms with Gasteiger partial charge >= 0.3 is 0 Å². The fourth-order valence-electron chi connectivity index (χ4n) is 3.34. The van der Waals surface area contributed by atoms with Crippen molar-refractivity contribution >= 4 is 0 Å². The molecule has 2 aromatic carbocycles. The third kappa shape index (κ3) is 5.84. The van der Waals surface area contributed by atoms with Gasteiger partial charge in [0, 0.05) is 39.3 Å². The van der Waals surface area contributed by atoms with Crippen LogP contribution in [0.2, 0.25) is 0 Å². The van der Waals surface area contributed by atoms with Gasteiger partial charge in [-0.2, -0.15) is 0 Å². The van der Waals surface area contributed by atoms with Crippen molar-refractivity contribution in [2.24, 2.45) is 0 Å². The summed E-state index contributed by atoms with van der Waals surface area (Å²) in [5, 5.41) is 10.3. The fourth-order valence-corrected chi connectivity index (χ4v) is 3.34. The van der Waals surface area contributed by atoms with Crippen LogP contribution in [0.4, 0.5) is 0 Å². The average Bonchev–Trinajstić information content (AvgIpc) is 2.69. The highest BCUT2D eigenvalue weighted by Crippen LogP contribution is 2.13. The normalized spacial score (nSPS) is 17.2. The van der Waals surface area contributed by atoms with Crippen LogP contribution in [0, 0.1) is 0 Å². The maximum atomic E-state index is 10.3. The molecule has 0 amide bonds. The summed E-state index contributed by atoms with van der Waals surface area (Å²) < 4.78 is 5.72. The zero-order valence-corrected chi connectivity index (χ0v) is 15.7. The molecule has 1 aliphatic heterocycles. The molecular formula is C22H30N2O2. The summed E-state index contributed by atoms with van der Waals surface area (Å²) in [6, 6.07) is 18.7. The van der Waals surface area contributed by atoms with Crippen LogP contribution in [-0.2, 0) is 13.0 Å². The number of rotatable bonds is 8. The molecule has 0 unspecified atom stereocenters. The quantitative estimate of drug-likeness (QED) is 0.791. The zero-order chi connectivity index (χ0) is 18.2. The molecule has 0 saturated carbocycles. The molecule has 140 valence electrons. The first-order valence-corrected chi connectivity index (χ1v) is 9.61. The number of ether oxygens (including phenoxy) is 1. The lowest BCUT2D eigenvalue weighted by Crippen LogP contribution is -2.48. The number of nitrogens with zero attached hydrogens (tertiary/aromatic N) is 2. The third-order valence-corrected chi connectivity index (χ3v) is 4.96. The first-order valence-electron chi connectivity index (χ1n) is 9.61. The molecule has 26 heavy (non-hydrogen) atoms. The smallest absolute Gasteiger partial charge is 0.119 e. The molecule has 3 rings (SSSR count). The van der Waals surface area contributed by atoms with Gasteiger partial charge in [0.1, 0.15) is 18.5 Å². The van der Waals surface area contributed by atoms with E-state index in [9.17, 15) is 5.11 Å². The summed E-state index contributed by atoms with van der Waals surface area (Å²) in [7, 11) is 0. The van der Waals surface area contributed by atoms with Crippen molar-refractivity contribution in [2.75, 3.05) is 39.3 Å². The van der Waals surface area contributed by atoms with Gasteiger partial charge in [-0.3, -0.25) is 9.80 Å². The molecule has 0 aromatic heterocycles. The van der Waals surface area contributed by atoms with Gasteiger partial charge < -0.3 is 9.84 Å². The topological polar surface area (TPSA) is 35.9 Å². The predicted molar refractivity (Wildman–Crippen MR) is 105 cm³/mol. The maximum Gasteiger partial charge on any atom is 0.119 e. The van der Waals surface area contributed by atoms with Crippen LogP contribution in [-0.4, -0.2) is 60.3 Å². The van der Waals surface area contributed by atoms with Crippen LogP contribution >= 0.6 is 0 Å². The average molecular weight is 354 g/mol. The summed E-state index contributed by atoms with van der Waals surface area (Å²) in [6.45, 7) is 8.24. The van der Waals surface area contributed by atoms with E-state index in [0.29, 0.717) is 13.2 Å². The first kappa shape index (κ1) is 18.9. The number of hydrogen-bond acceptors (Lipinski definition) is 4. The Balaban J connectivity index is 1.35. The molecule has 0 spiro atoms. The van der Waals surface area contributed by atoms with E-state index >= 15 is 0 Å². The highest BCUT2D eigenvalue weighted by molar-refractivity contribution is 5.27. The number of aliphatic hydroxyl groups is 1. The van der Waals surface area contributed by atoms with E-state index in [-0.39, 0.29) is 0 Å². The SMILES string of the molecule is CCc1ccc(OC[C@@H](O)CN2CCN(Cc3ccccc3)CC2)cc1. The molecule has 1 heterocycles. The summed E-state index contributed by atoms with van der Waals surface area (Å²) in [4.78, 5) is 4.81. The van der Waals surface area contributed by atoms with Crippen molar-refractivity contribution < 1.29 is 9.84 Å². The van der Waals surface area contributed by atoms with Crippen molar-refractivity contribution in [1.82, 2.24) is 9.80 Å². The minimum atomic E-state index is -0.457. The van der Waals surface area contributed by atoms with Crippen LogP contribution in [0.1, 0.15) is 18.1 Å². The summed E-state index contributed by atoms with van der Waals surface area (Å²) >= 11 is 0. The van der Waals surface area contributed by atoms with Crippen LogP contribution < -0.4 is 4.74 Å². The molecule has 0 bridgehead atoms. The Labute approximate surface area is 157 Å². The molecule has 1 N–H and O–H groups in total. The van der Waals surface area contributed by atoms with Gasteiger partial charge in [0.25, 0.3) is 0 Å². The molecule has 4 nitrogen and oxygen atoms in total. The van der Waals surface area contributed by atoms with Crippen molar-refractivity contribution in [3.63, 3.8) is 0 Å². The summed E-state index contributed by atoms with van der Waals surface area (Å²) in [5.74, 6) is 0.828. The van der Waals surface area contributed by atoms with Gasteiger partial charge in [-0.25, -0.2) is 0 Å². The fraction of sp³-hybridized carbons (Fsp3) is 0.455. The van der Waals surface area contributed by atoms with Crippen LogP contribution in [0.25, 0.3) is 0 Å². The molecule has 1 atom stereocenters. The molecule has 1 fully saturated rings. The molecule has 1 aliphatic rings. The molecular weight excluding hydrogens is 324 g/mol. The second kappa shape index (κ2) is 9.72. The van der Waals surface area contributed by atoms with Gasteiger partial charge in [-0.1, -0.05) is 49.4 Å². The summed E-state index contributed by atoms with van der Waals surface area (Å²) in [5.41, 5.74) is 2.66. The molecule has 4 heteroatoms. The number of aliphatic hydroxyl groups excluding tert-OH is 1.